The Morgan fingerprint density at radius 2 is 1.90 bits per heavy atom. The molecule has 0 saturated heterocycles. The molecule has 0 radical (unpaired) electrons. The van der Waals surface area contributed by atoms with Crippen LogP contribution in [0.15, 0.2) is 30.3 Å². The molecule has 0 aliphatic rings. The largest absolute Gasteiger partial charge is 0.480 e. The van der Waals surface area contributed by atoms with Crippen molar-refractivity contribution in [3.63, 3.8) is 0 Å². The van der Waals surface area contributed by atoms with Gasteiger partial charge in [-0.1, -0.05) is 30.3 Å². The van der Waals surface area contributed by atoms with Crippen molar-refractivity contribution in [1.82, 2.24) is 10.2 Å². The third-order valence-electron chi connectivity index (χ3n) is 3.05. The summed E-state index contributed by atoms with van der Waals surface area (Å²) in [6, 6.07) is 8.05. The van der Waals surface area contributed by atoms with Crippen molar-refractivity contribution in [3.8, 4) is 0 Å². The van der Waals surface area contributed by atoms with Crippen LogP contribution < -0.4 is 5.32 Å². The Morgan fingerprint density at radius 1 is 1.29 bits per heavy atom. The van der Waals surface area contributed by atoms with Crippen LogP contribution in [0.1, 0.15) is 18.9 Å². The topological polar surface area (TPSA) is 89.9 Å². The van der Waals surface area contributed by atoms with Crippen LogP contribution in [0.5, 0.6) is 0 Å². The molecule has 0 aromatic heterocycles. The molecule has 6 heteroatoms. The number of benzene rings is 1. The van der Waals surface area contributed by atoms with Gasteiger partial charge in [0.25, 0.3) is 0 Å². The van der Waals surface area contributed by atoms with Crippen LogP contribution in [0.4, 0.5) is 4.79 Å². The molecule has 116 valence electrons. The molecule has 21 heavy (non-hydrogen) atoms. The molecule has 1 aromatic rings. The fourth-order valence-corrected chi connectivity index (χ4v) is 1.95. The van der Waals surface area contributed by atoms with Crippen molar-refractivity contribution in [1.29, 1.82) is 0 Å². The van der Waals surface area contributed by atoms with Gasteiger partial charge < -0.3 is 20.4 Å². The van der Waals surface area contributed by atoms with E-state index in [1.165, 1.54) is 11.9 Å². The van der Waals surface area contributed by atoms with E-state index >= 15 is 0 Å². The number of aliphatic hydroxyl groups is 1. The number of aliphatic hydroxyl groups excluding tert-OH is 1. The number of hydrogen-bond acceptors (Lipinski definition) is 3. The third-order valence-corrected chi connectivity index (χ3v) is 3.05. The summed E-state index contributed by atoms with van der Waals surface area (Å²) in [6.45, 7) is 1.71. The Bertz CT molecular complexity index is 462. The zero-order chi connectivity index (χ0) is 15.8. The maximum Gasteiger partial charge on any atom is 0.326 e. The molecule has 3 N–H and O–H groups in total. The molecule has 2 unspecified atom stereocenters. The molecular formula is C15H22N2O4. The van der Waals surface area contributed by atoms with Gasteiger partial charge in [0, 0.05) is 13.6 Å². The first kappa shape index (κ1) is 17.0. The number of likely N-dealkylation sites (N-methyl/N-ethyl adjacent to an activating group) is 1. The smallest absolute Gasteiger partial charge is 0.326 e. The van der Waals surface area contributed by atoms with E-state index in [-0.39, 0.29) is 6.54 Å². The van der Waals surface area contributed by atoms with Gasteiger partial charge in [-0.25, -0.2) is 9.59 Å². The summed E-state index contributed by atoms with van der Waals surface area (Å²) >= 11 is 0. The highest BCUT2D eigenvalue weighted by Crippen LogP contribution is 2.06. The predicted molar refractivity (Wildman–Crippen MR) is 79.0 cm³/mol. The number of nitrogens with zero attached hydrogens (tertiary/aromatic N) is 1. The van der Waals surface area contributed by atoms with E-state index in [9.17, 15) is 19.8 Å². The van der Waals surface area contributed by atoms with Gasteiger partial charge in [0.2, 0.25) is 0 Å². The van der Waals surface area contributed by atoms with Gasteiger partial charge in [0.05, 0.1) is 6.10 Å². The average molecular weight is 294 g/mol. The van der Waals surface area contributed by atoms with Gasteiger partial charge in [-0.2, -0.15) is 0 Å². The van der Waals surface area contributed by atoms with E-state index in [1.54, 1.807) is 6.92 Å². The fraction of sp³-hybridized carbons (Fsp3) is 0.467. The Morgan fingerprint density at radius 3 is 2.43 bits per heavy atom. The molecule has 0 fully saturated rings. The van der Waals surface area contributed by atoms with Gasteiger partial charge in [-0.05, 0) is 25.3 Å². The second kappa shape index (κ2) is 8.26. The maximum atomic E-state index is 11.8. The lowest BCUT2D eigenvalue weighted by atomic mass is 10.1. The molecule has 0 aliphatic carbocycles. The van der Waals surface area contributed by atoms with Crippen LogP contribution in [-0.2, 0) is 11.2 Å². The molecule has 2 atom stereocenters. The van der Waals surface area contributed by atoms with Crippen molar-refractivity contribution >= 4 is 12.0 Å². The standard InChI is InChI=1S/C15H22N2O4/c1-11(18)10-17(2)15(21)16-13(14(19)20)9-8-12-6-4-3-5-7-12/h3-7,11,13,18H,8-10H2,1-2H3,(H,16,21)(H,19,20). The van der Waals surface area contributed by atoms with Gasteiger partial charge in [-0.15, -0.1) is 0 Å². The molecule has 0 spiro atoms. The summed E-state index contributed by atoms with van der Waals surface area (Å²) < 4.78 is 0. The quantitative estimate of drug-likeness (QED) is 0.702. The minimum atomic E-state index is -1.07. The highest BCUT2D eigenvalue weighted by molar-refractivity contribution is 5.82. The number of carboxylic acid groups (broad SMARTS) is 1. The molecule has 1 rings (SSSR count). The number of carbonyl (C=O) groups excluding carboxylic acids is 1. The maximum absolute atomic E-state index is 11.8. The first-order valence-electron chi connectivity index (χ1n) is 6.86. The second-order valence-electron chi connectivity index (χ2n) is 5.09. The van der Waals surface area contributed by atoms with Crippen molar-refractivity contribution in [2.24, 2.45) is 0 Å². The van der Waals surface area contributed by atoms with Crippen LogP contribution in [0.25, 0.3) is 0 Å². The number of hydrogen-bond donors (Lipinski definition) is 3. The Hall–Kier alpha value is -2.08. The number of carboxylic acids is 1. The van der Waals surface area contributed by atoms with Crippen molar-refractivity contribution in [2.45, 2.75) is 31.9 Å². The van der Waals surface area contributed by atoms with E-state index in [0.717, 1.165) is 5.56 Å². The van der Waals surface area contributed by atoms with Crippen LogP contribution >= 0.6 is 0 Å². The highest BCUT2D eigenvalue weighted by atomic mass is 16.4. The van der Waals surface area contributed by atoms with Gasteiger partial charge >= 0.3 is 12.0 Å². The van der Waals surface area contributed by atoms with Crippen LogP contribution in [0.3, 0.4) is 0 Å². The Labute approximate surface area is 124 Å². The van der Waals surface area contributed by atoms with Gasteiger partial charge in [0.15, 0.2) is 0 Å². The zero-order valence-corrected chi connectivity index (χ0v) is 12.3. The van der Waals surface area contributed by atoms with E-state index in [0.29, 0.717) is 12.8 Å². The number of aliphatic carboxylic acids is 1. The minimum absolute atomic E-state index is 0.150. The summed E-state index contributed by atoms with van der Waals surface area (Å²) in [7, 11) is 1.51. The van der Waals surface area contributed by atoms with Crippen LogP contribution in [0, 0.1) is 0 Å². The first-order valence-corrected chi connectivity index (χ1v) is 6.86. The summed E-state index contributed by atoms with van der Waals surface area (Å²) in [6.07, 6.45) is 0.222. The van der Waals surface area contributed by atoms with Gasteiger partial charge in [-0.3, -0.25) is 0 Å². The van der Waals surface area contributed by atoms with Crippen molar-refractivity contribution in [3.05, 3.63) is 35.9 Å². The monoisotopic (exact) mass is 294 g/mol. The summed E-state index contributed by atoms with van der Waals surface area (Å²) in [5.41, 5.74) is 1.02. The van der Waals surface area contributed by atoms with E-state index in [4.69, 9.17) is 0 Å². The Balaban J connectivity index is 2.54. The number of aryl methyl sites for hydroxylation is 1. The lowest BCUT2D eigenvalue weighted by molar-refractivity contribution is -0.139. The Kier molecular flexibility index (Phi) is 6.68. The van der Waals surface area contributed by atoms with Gasteiger partial charge in [0.1, 0.15) is 6.04 Å². The normalized spacial score (nSPS) is 13.3. The number of urea groups is 1. The lowest BCUT2D eigenvalue weighted by Crippen LogP contribution is -2.48. The summed E-state index contributed by atoms with van der Waals surface area (Å²) in [5, 5.41) is 20.9. The molecule has 2 amide bonds. The predicted octanol–water partition coefficient (Wildman–Crippen LogP) is 1.09. The highest BCUT2D eigenvalue weighted by Gasteiger charge is 2.21. The van der Waals surface area contributed by atoms with Crippen LogP contribution in [0.2, 0.25) is 0 Å². The average Bonchev–Trinajstić information content (AvgIpc) is 2.43. The molecule has 1 aromatic carbocycles. The third kappa shape index (κ3) is 6.27. The first-order chi connectivity index (χ1) is 9.90. The lowest BCUT2D eigenvalue weighted by Gasteiger charge is -2.22. The molecule has 0 bridgehead atoms. The molecule has 0 aliphatic heterocycles. The number of amides is 2. The van der Waals surface area contributed by atoms with E-state index in [1.807, 2.05) is 30.3 Å². The van der Waals surface area contributed by atoms with Crippen molar-refractivity contribution < 1.29 is 19.8 Å². The second-order valence-corrected chi connectivity index (χ2v) is 5.09. The van der Waals surface area contributed by atoms with E-state index < -0.39 is 24.1 Å². The minimum Gasteiger partial charge on any atom is -0.480 e. The molecule has 6 nitrogen and oxygen atoms in total. The molecule has 0 saturated carbocycles. The number of nitrogens with one attached hydrogen (secondary N) is 1. The zero-order valence-electron chi connectivity index (χ0n) is 12.3. The molecular weight excluding hydrogens is 272 g/mol. The molecule has 0 heterocycles. The summed E-state index contributed by atoms with van der Waals surface area (Å²) in [4.78, 5) is 24.3. The van der Waals surface area contributed by atoms with Crippen LogP contribution in [-0.4, -0.2) is 52.9 Å². The number of rotatable bonds is 7. The van der Waals surface area contributed by atoms with Crippen molar-refractivity contribution in [2.75, 3.05) is 13.6 Å². The SMILES string of the molecule is CC(O)CN(C)C(=O)NC(CCc1ccccc1)C(=O)O. The summed E-state index contributed by atoms with van der Waals surface area (Å²) in [5.74, 6) is -1.07. The number of carbonyl (C=O) groups is 2. The van der Waals surface area contributed by atoms with E-state index in [2.05, 4.69) is 5.32 Å². The fourth-order valence-electron chi connectivity index (χ4n) is 1.95.